The molecule has 1 saturated heterocycles. The van der Waals surface area contributed by atoms with Gasteiger partial charge in [0.2, 0.25) is 11.8 Å². The highest BCUT2D eigenvalue weighted by molar-refractivity contribution is 6.30. The Morgan fingerprint density at radius 3 is 3.09 bits per heavy atom. The Labute approximate surface area is 139 Å². The highest BCUT2D eigenvalue weighted by Crippen LogP contribution is 2.20. The highest BCUT2D eigenvalue weighted by atomic mass is 35.5. The number of nitrogens with one attached hydrogen (secondary N) is 1. The number of nitrogens with zero attached hydrogens (tertiary/aromatic N) is 4. The minimum atomic E-state index is -0.0748. The third-order valence-electron chi connectivity index (χ3n) is 3.79. The van der Waals surface area contributed by atoms with Gasteiger partial charge in [-0.05, 0) is 31.5 Å². The van der Waals surface area contributed by atoms with Crippen molar-refractivity contribution >= 4 is 23.3 Å². The largest absolute Gasteiger partial charge is 0.340 e. The summed E-state index contributed by atoms with van der Waals surface area (Å²) in [5.74, 6) is 1.64. The van der Waals surface area contributed by atoms with E-state index in [0.717, 1.165) is 19.4 Å². The van der Waals surface area contributed by atoms with Crippen LogP contribution in [0.2, 0.25) is 5.02 Å². The Hall–Kier alpha value is -1.99. The minimum Gasteiger partial charge on any atom is -0.340 e. The lowest BCUT2D eigenvalue weighted by molar-refractivity contribution is -0.121. The summed E-state index contributed by atoms with van der Waals surface area (Å²) in [6.07, 6.45) is 3.34. The number of carbonyl (C=O) groups excluding carboxylic acids is 1. The van der Waals surface area contributed by atoms with Crippen molar-refractivity contribution < 1.29 is 9.32 Å². The Bertz CT molecular complexity index is 673. The summed E-state index contributed by atoms with van der Waals surface area (Å²) in [5.41, 5.74) is 0. The summed E-state index contributed by atoms with van der Waals surface area (Å²) in [5, 5.41) is 7.29. The number of piperidine rings is 1. The number of hydrogen-bond donors (Lipinski definition) is 1. The van der Waals surface area contributed by atoms with Gasteiger partial charge >= 0.3 is 0 Å². The fourth-order valence-corrected chi connectivity index (χ4v) is 2.81. The summed E-state index contributed by atoms with van der Waals surface area (Å²) in [7, 11) is 0. The van der Waals surface area contributed by atoms with Gasteiger partial charge < -0.3 is 9.84 Å². The number of likely N-dealkylation sites (tertiary alicyclic amines) is 1. The van der Waals surface area contributed by atoms with Crippen LogP contribution < -0.4 is 5.32 Å². The lowest BCUT2D eigenvalue weighted by Crippen LogP contribution is -2.40. The number of pyridine rings is 1. The van der Waals surface area contributed by atoms with Gasteiger partial charge in [0.15, 0.2) is 5.82 Å². The van der Waals surface area contributed by atoms with Crippen LogP contribution in [0.3, 0.4) is 0 Å². The molecule has 1 fully saturated rings. The molecule has 0 aliphatic carbocycles. The monoisotopic (exact) mass is 335 g/mol. The maximum Gasteiger partial charge on any atom is 0.229 e. The molecule has 1 atom stereocenters. The first-order valence-electron chi connectivity index (χ1n) is 7.54. The number of anilines is 1. The van der Waals surface area contributed by atoms with E-state index in [4.69, 9.17) is 16.1 Å². The maximum atomic E-state index is 12.4. The molecule has 0 radical (unpaired) electrons. The average Bonchev–Trinajstić information content (AvgIpc) is 2.95. The molecular weight excluding hydrogens is 318 g/mol. The van der Waals surface area contributed by atoms with E-state index in [1.165, 1.54) is 6.20 Å². The van der Waals surface area contributed by atoms with Gasteiger partial charge in [0.05, 0.1) is 17.5 Å². The lowest BCUT2D eigenvalue weighted by Gasteiger charge is -2.30. The quantitative estimate of drug-likeness (QED) is 0.922. The van der Waals surface area contributed by atoms with E-state index in [2.05, 4.69) is 25.3 Å². The second-order valence-electron chi connectivity index (χ2n) is 5.65. The van der Waals surface area contributed by atoms with Crippen molar-refractivity contribution in [3.63, 3.8) is 0 Å². The molecule has 2 aromatic rings. The van der Waals surface area contributed by atoms with E-state index in [-0.39, 0.29) is 11.8 Å². The topological polar surface area (TPSA) is 84.2 Å². The predicted molar refractivity (Wildman–Crippen MR) is 84.9 cm³/mol. The second-order valence-corrected chi connectivity index (χ2v) is 6.09. The Morgan fingerprint density at radius 1 is 1.52 bits per heavy atom. The SMILES string of the molecule is Cc1nc(CN2CCC[C@@H](C(=O)Nc3ccc(Cl)cn3)C2)no1. The van der Waals surface area contributed by atoms with Gasteiger partial charge in [0.25, 0.3) is 0 Å². The first kappa shape index (κ1) is 15.9. The van der Waals surface area contributed by atoms with E-state index < -0.39 is 0 Å². The molecule has 8 heteroatoms. The normalized spacial score (nSPS) is 18.8. The van der Waals surface area contributed by atoms with Crippen molar-refractivity contribution in [2.75, 3.05) is 18.4 Å². The number of amides is 1. The number of aromatic nitrogens is 3. The lowest BCUT2D eigenvalue weighted by atomic mass is 9.97. The number of aryl methyl sites for hydroxylation is 1. The van der Waals surface area contributed by atoms with E-state index in [1.54, 1.807) is 19.1 Å². The van der Waals surface area contributed by atoms with Gasteiger partial charge in [-0.2, -0.15) is 4.98 Å². The zero-order valence-electron chi connectivity index (χ0n) is 12.8. The van der Waals surface area contributed by atoms with Crippen LogP contribution in [0.15, 0.2) is 22.9 Å². The van der Waals surface area contributed by atoms with Gasteiger partial charge in [-0.15, -0.1) is 0 Å². The van der Waals surface area contributed by atoms with E-state index in [0.29, 0.717) is 35.6 Å². The first-order valence-corrected chi connectivity index (χ1v) is 7.92. The molecule has 1 N–H and O–H groups in total. The number of halogens is 1. The second kappa shape index (κ2) is 7.06. The molecule has 1 amide bonds. The van der Waals surface area contributed by atoms with E-state index >= 15 is 0 Å². The van der Waals surface area contributed by atoms with Crippen LogP contribution in [0.1, 0.15) is 24.6 Å². The summed E-state index contributed by atoms with van der Waals surface area (Å²) in [4.78, 5) is 22.9. The third kappa shape index (κ3) is 4.27. The number of rotatable bonds is 4. The summed E-state index contributed by atoms with van der Waals surface area (Å²) in [6.45, 7) is 3.96. The summed E-state index contributed by atoms with van der Waals surface area (Å²) in [6, 6.07) is 3.40. The molecule has 0 spiro atoms. The zero-order valence-corrected chi connectivity index (χ0v) is 13.6. The van der Waals surface area contributed by atoms with Crippen LogP contribution in [0.4, 0.5) is 5.82 Å². The molecule has 7 nitrogen and oxygen atoms in total. The number of carbonyl (C=O) groups is 1. The third-order valence-corrected chi connectivity index (χ3v) is 4.01. The fraction of sp³-hybridized carbons (Fsp3) is 0.467. The van der Waals surface area contributed by atoms with Crippen LogP contribution in [-0.4, -0.2) is 39.0 Å². The van der Waals surface area contributed by atoms with Crippen molar-refractivity contribution in [1.82, 2.24) is 20.0 Å². The summed E-state index contributed by atoms with van der Waals surface area (Å²) >= 11 is 5.79. The molecular formula is C15H18ClN5O2. The van der Waals surface area contributed by atoms with E-state index in [9.17, 15) is 4.79 Å². The average molecular weight is 336 g/mol. The van der Waals surface area contributed by atoms with Gasteiger partial charge in [-0.1, -0.05) is 16.8 Å². The molecule has 3 rings (SSSR count). The molecule has 2 aromatic heterocycles. The Balaban J connectivity index is 1.56. The fourth-order valence-electron chi connectivity index (χ4n) is 2.70. The van der Waals surface area contributed by atoms with Gasteiger partial charge in [0.1, 0.15) is 5.82 Å². The molecule has 122 valence electrons. The van der Waals surface area contributed by atoms with Crippen LogP contribution in [0.5, 0.6) is 0 Å². The first-order chi connectivity index (χ1) is 11.1. The van der Waals surface area contributed by atoms with Crippen molar-refractivity contribution in [1.29, 1.82) is 0 Å². The minimum absolute atomic E-state index is 0.0196. The Kier molecular flexibility index (Phi) is 4.88. The number of hydrogen-bond acceptors (Lipinski definition) is 6. The van der Waals surface area contributed by atoms with Crippen LogP contribution in [0.25, 0.3) is 0 Å². The zero-order chi connectivity index (χ0) is 16.2. The van der Waals surface area contributed by atoms with Crippen molar-refractivity contribution in [3.05, 3.63) is 35.1 Å². The predicted octanol–water partition coefficient (Wildman–Crippen LogP) is 2.28. The molecule has 0 unspecified atom stereocenters. The molecule has 23 heavy (non-hydrogen) atoms. The highest BCUT2D eigenvalue weighted by Gasteiger charge is 2.26. The van der Waals surface area contributed by atoms with Gasteiger partial charge in [-0.3, -0.25) is 9.69 Å². The molecule has 1 aliphatic rings. The van der Waals surface area contributed by atoms with Crippen LogP contribution in [0, 0.1) is 12.8 Å². The summed E-state index contributed by atoms with van der Waals surface area (Å²) < 4.78 is 4.98. The molecule has 1 aliphatic heterocycles. The van der Waals surface area contributed by atoms with Gasteiger partial charge in [0, 0.05) is 19.7 Å². The van der Waals surface area contributed by atoms with E-state index in [1.807, 2.05) is 0 Å². The molecule has 0 saturated carbocycles. The Morgan fingerprint density at radius 2 is 2.39 bits per heavy atom. The molecule has 0 aromatic carbocycles. The molecule has 3 heterocycles. The van der Waals surface area contributed by atoms with Crippen LogP contribution in [-0.2, 0) is 11.3 Å². The van der Waals surface area contributed by atoms with Crippen molar-refractivity contribution in [3.8, 4) is 0 Å². The van der Waals surface area contributed by atoms with Crippen molar-refractivity contribution in [2.45, 2.75) is 26.3 Å². The standard InChI is InChI=1S/C15H18ClN5O2/c1-10-18-14(20-23-10)9-21-6-2-3-11(8-21)15(22)19-13-5-4-12(16)7-17-13/h4-5,7,11H,2-3,6,8-9H2,1H3,(H,17,19,22)/t11-/m1/s1. The van der Waals surface area contributed by atoms with Gasteiger partial charge in [-0.25, -0.2) is 4.98 Å². The maximum absolute atomic E-state index is 12.4. The van der Waals surface area contributed by atoms with Crippen molar-refractivity contribution in [2.24, 2.45) is 5.92 Å². The van der Waals surface area contributed by atoms with Crippen LogP contribution >= 0.6 is 11.6 Å². The smallest absolute Gasteiger partial charge is 0.229 e. The molecule has 0 bridgehead atoms.